The van der Waals surface area contributed by atoms with Gasteiger partial charge < -0.3 is 10.5 Å². The normalized spacial score (nSPS) is 31.8. The smallest absolute Gasteiger partial charge is 0.152 e. The predicted octanol–water partition coefficient (Wildman–Crippen LogP) is 0.249. The number of sulfone groups is 1. The fourth-order valence-corrected chi connectivity index (χ4v) is 5.38. The van der Waals surface area contributed by atoms with E-state index in [9.17, 15) is 8.42 Å². The Hall–Kier alpha value is -0.170. The summed E-state index contributed by atoms with van der Waals surface area (Å²) in [5.41, 5.74) is 5.60. The van der Waals surface area contributed by atoms with Crippen LogP contribution in [0, 0.1) is 5.92 Å². The highest BCUT2D eigenvalue weighted by atomic mass is 32.2. The molecule has 112 valence electrons. The van der Waals surface area contributed by atoms with Crippen LogP contribution in [0.5, 0.6) is 0 Å². The Labute approximate surface area is 116 Å². The van der Waals surface area contributed by atoms with Crippen molar-refractivity contribution in [2.45, 2.75) is 37.8 Å². The molecule has 5 nitrogen and oxygen atoms in total. The average molecular weight is 290 g/mol. The van der Waals surface area contributed by atoms with E-state index >= 15 is 0 Å². The second kappa shape index (κ2) is 5.68. The number of hydrogen-bond acceptors (Lipinski definition) is 5. The van der Waals surface area contributed by atoms with Gasteiger partial charge in [-0.25, -0.2) is 8.42 Å². The highest BCUT2D eigenvalue weighted by Gasteiger charge is 2.49. The highest BCUT2D eigenvalue weighted by Crippen LogP contribution is 2.40. The minimum atomic E-state index is -2.94. The molecule has 0 radical (unpaired) electrons. The van der Waals surface area contributed by atoms with Crippen molar-refractivity contribution in [2.24, 2.45) is 11.7 Å². The van der Waals surface area contributed by atoms with Gasteiger partial charge in [0.15, 0.2) is 9.84 Å². The van der Waals surface area contributed by atoms with E-state index in [2.05, 4.69) is 11.8 Å². The van der Waals surface area contributed by atoms with Crippen LogP contribution in [0.25, 0.3) is 0 Å². The van der Waals surface area contributed by atoms with Crippen molar-refractivity contribution in [1.29, 1.82) is 0 Å². The molecule has 1 heterocycles. The first-order valence-electron chi connectivity index (χ1n) is 7.10. The van der Waals surface area contributed by atoms with Gasteiger partial charge in [0.05, 0.1) is 18.1 Å². The van der Waals surface area contributed by atoms with Crippen molar-refractivity contribution in [3.63, 3.8) is 0 Å². The van der Waals surface area contributed by atoms with Gasteiger partial charge in [0.1, 0.15) is 0 Å². The molecule has 1 aliphatic carbocycles. The van der Waals surface area contributed by atoms with Gasteiger partial charge in [-0.15, -0.1) is 0 Å². The lowest BCUT2D eigenvalue weighted by Crippen LogP contribution is -2.59. The van der Waals surface area contributed by atoms with Crippen molar-refractivity contribution in [1.82, 2.24) is 4.90 Å². The maximum atomic E-state index is 11.9. The summed E-state index contributed by atoms with van der Waals surface area (Å²) in [4.78, 5) is 2.32. The minimum absolute atomic E-state index is 0.206. The first kappa shape index (κ1) is 15.2. The van der Waals surface area contributed by atoms with Gasteiger partial charge in [-0.05, 0) is 32.1 Å². The molecule has 0 aromatic heterocycles. The number of nitrogens with two attached hydrogens (primary N) is 1. The molecule has 19 heavy (non-hydrogen) atoms. The summed E-state index contributed by atoms with van der Waals surface area (Å²) in [5, 5.41) is 0. The van der Waals surface area contributed by atoms with E-state index < -0.39 is 9.84 Å². The SMILES string of the molecule is COCCN(C(C)C1CC1)C1(CN)CCS(=O)(=O)C1. The van der Waals surface area contributed by atoms with Crippen molar-refractivity contribution >= 4 is 9.84 Å². The molecular weight excluding hydrogens is 264 g/mol. The van der Waals surface area contributed by atoms with Crippen molar-refractivity contribution in [3.8, 4) is 0 Å². The maximum absolute atomic E-state index is 11.9. The van der Waals surface area contributed by atoms with E-state index in [1.807, 2.05) is 0 Å². The fourth-order valence-electron chi connectivity index (χ4n) is 3.30. The van der Waals surface area contributed by atoms with E-state index in [0.29, 0.717) is 31.5 Å². The topological polar surface area (TPSA) is 72.6 Å². The first-order chi connectivity index (χ1) is 8.94. The number of hydrogen-bond donors (Lipinski definition) is 1. The highest BCUT2D eigenvalue weighted by molar-refractivity contribution is 7.91. The summed E-state index contributed by atoms with van der Waals surface area (Å²) in [5.74, 6) is 1.17. The molecule has 2 aliphatic rings. The summed E-state index contributed by atoms with van der Waals surface area (Å²) >= 11 is 0. The van der Waals surface area contributed by atoms with Gasteiger partial charge in [0.25, 0.3) is 0 Å². The van der Waals surface area contributed by atoms with Crippen LogP contribution in [-0.2, 0) is 14.6 Å². The number of rotatable bonds is 7. The van der Waals surface area contributed by atoms with E-state index in [4.69, 9.17) is 10.5 Å². The Morgan fingerprint density at radius 1 is 1.47 bits per heavy atom. The Morgan fingerprint density at radius 2 is 2.16 bits per heavy atom. The standard InChI is InChI=1S/C13H26N2O3S/c1-11(12-3-4-12)15(6-7-18-2)13(9-14)5-8-19(16,17)10-13/h11-12H,3-10,14H2,1-2H3. The van der Waals surface area contributed by atoms with Crippen LogP contribution in [0.15, 0.2) is 0 Å². The van der Waals surface area contributed by atoms with Gasteiger partial charge in [-0.3, -0.25) is 4.90 Å². The molecule has 1 aliphatic heterocycles. The lowest BCUT2D eigenvalue weighted by atomic mass is 9.93. The van der Waals surface area contributed by atoms with Crippen LogP contribution in [-0.4, -0.2) is 63.2 Å². The molecule has 2 unspecified atom stereocenters. The van der Waals surface area contributed by atoms with Gasteiger partial charge in [-0.1, -0.05) is 0 Å². The molecule has 0 aromatic carbocycles. The molecule has 0 aromatic rings. The quantitative estimate of drug-likeness (QED) is 0.727. The van der Waals surface area contributed by atoms with E-state index in [-0.39, 0.29) is 17.0 Å². The Bertz CT molecular complexity index is 408. The van der Waals surface area contributed by atoms with Gasteiger partial charge in [0, 0.05) is 31.8 Å². The number of nitrogens with zero attached hydrogens (tertiary/aromatic N) is 1. The molecule has 2 N–H and O–H groups in total. The second-order valence-corrected chi connectivity index (χ2v) is 8.22. The average Bonchev–Trinajstić information content (AvgIpc) is 3.15. The molecule has 2 fully saturated rings. The summed E-state index contributed by atoms with van der Waals surface area (Å²) in [6.07, 6.45) is 3.16. The fraction of sp³-hybridized carbons (Fsp3) is 1.00. The molecule has 1 saturated carbocycles. The van der Waals surface area contributed by atoms with Crippen LogP contribution in [0.1, 0.15) is 26.2 Å². The zero-order chi connectivity index (χ0) is 14.1. The molecule has 0 bridgehead atoms. The largest absolute Gasteiger partial charge is 0.383 e. The molecule has 6 heteroatoms. The van der Waals surface area contributed by atoms with Gasteiger partial charge >= 0.3 is 0 Å². The Balaban J connectivity index is 2.18. The monoisotopic (exact) mass is 290 g/mol. The van der Waals surface area contributed by atoms with Crippen LogP contribution in [0.2, 0.25) is 0 Å². The molecular formula is C13H26N2O3S. The van der Waals surface area contributed by atoms with E-state index in [0.717, 1.165) is 6.54 Å². The Morgan fingerprint density at radius 3 is 2.58 bits per heavy atom. The van der Waals surface area contributed by atoms with Crippen LogP contribution in [0.4, 0.5) is 0 Å². The number of methoxy groups -OCH3 is 1. The lowest BCUT2D eigenvalue weighted by Gasteiger charge is -2.43. The summed E-state index contributed by atoms with van der Waals surface area (Å²) in [6.45, 7) is 4.00. The molecule has 2 atom stereocenters. The predicted molar refractivity (Wildman–Crippen MR) is 75.8 cm³/mol. The summed E-state index contributed by atoms with van der Waals surface area (Å²) < 4.78 is 28.9. The zero-order valence-corrected chi connectivity index (χ0v) is 12.8. The van der Waals surface area contributed by atoms with Crippen molar-refractivity contribution < 1.29 is 13.2 Å². The van der Waals surface area contributed by atoms with Gasteiger partial charge in [0.2, 0.25) is 0 Å². The van der Waals surface area contributed by atoms with Gasteiger partial charge in [-0.2, -0.15) is 0 Å². The van der Waals surface area contributed by atoms with E-state index in [1.54, 1.807) is 7.11 Å². The zero-order valence-electron chi connectivity index (χ0n) is 12.0. The molecule has 0 spiro atoms. The van der Waals surface area contributed by atoms with Crippen LogP contribution < -0.4 is 5.73 Å². The van der Waals surface area contributed by atoms with Crippen molar-refractivity contribution in [3.05, 3.63) is 0 Å². The van der Waals surface area contributed by atoms with E-state index in [1.165, 1.54) is 12.8 Å². The third-order valence-electron chi connectivity index (χ3n) is 4.69. The molecule has 2 rings (SSSR count). The maximum Gasteiger partial charge on any atom is 0.152 e. The molecule has 1 saturated heterocycles. The lowest BCUT2D eigenvalue weighted by molar-refractivity contribution is 0.0352. The summed E-state index contributed by atoms with van der Waals surface area (Å²) in [6, 6.07) is 0.395. The van der Waals surface area contributed by atoms with Crippen molar-refractivity contribution in [2.75, 3.05) is 38.3 Å². The number of ether oxygens (including phenoxy) is 1. The van der Waals surface area contributed by atoms with Crippen LogP contribution >= 0.6 is 0 Å². The van der Waals surface area contributed by atoms with Crippen LogP contribution in [0.3, 0.4) is 0 Å². The summed E-state index contributed by atoms with van der Waals surface area (Å²) in [7, 11) is -1.26. The molecule has 0 amide bonds. The first-order valence-corrected chi connectivity index (χ1v) is 8.92. The third kappa shape index (κ3) is 3.29. The third-order valence-corrected chi connectivity index (χ3v) is 6.49. The second-order valence-electron chi connectivity index (χ2n) is 6.03. The Kier molecular flexibility index (Phi) is 4.55. The minimum Gasteiger partial charge on any atom is -0.383 e.